The van der Waals surface area contributed by atoms with Crippen molar-refractivity contribution in [3.05, 3.63) is 53.7 Å². The molecule has 0 bridgehead atoms. The molecule has 0 spiro atoms. The molecule has 0 radical (unpaired) electrons. The third kappa shape index (κ3) is 7.16. The van der Waals surface area contributed by atoms with Crippen LogP contribution in [-0.4, -0.2) is 55.5 Å². The first-order valence-electron chi connectivity index (χ1n) is 13.0. The molecule has 11 heteroatoms. The number of halogens is 6. The first-order chi connectivity index (χ1) is 18.9. The number of methoxy groups -OCH3 is 1. The van der Waals surface area contributed by atoms with Crippen LogP contribution in [0.1, 0.15) is 36.9 Å². The van der Waals surface area contributed by atoms with Gasteiger partial charge in [-0.3, -0.25) is 0 Å². The maximum absolute atomic E-state index is 13.5. The van der Waals surface area contributed by atoms with Gasteiger partial charge < -0.3 is 24.8 Å². The van der Waals surface area contributed by atoms with Gasteiger partial charge in [0.1, 0.15) is 12.3 Å². The van der Waals surface area contributed by atoms with Gasteiger partial charge in [0, 0.05) is 23.2 Å². The molecule has 3 aromatic rings. The number of hydrogen-bond acceptors (Lipinski definition) is 4. The van der Waals surface area contributed by atoms with Crippen LogP contribution in [0.3, 0.4) is 0 Å². The fourth-order valence-corrected chi connectivity index (χ4v) is 5.11. The highest BCUT2D eigenvalue weighted by Crippen LogP contribution is 2.35. The monoisotopic (exact) mass is 566 g/mol. The van der Waals surface area contributed by atoms with Crippen molar-refractivity contribution in [2.24, 2.45) is 0 Å². The zero-order chi connectivity index (χ0) is 29.1. The van der Waals surface area contributed by atoms with Gasteiger partial charge in [0.05, 0.1) is 36.1 Å². The summed E-state index contributed by atoms with van der Waals surface area (Å²) in [6.45, 7) is -1.21. The van der Waals surface area contributed by atoms with Crippen molar-refractivity contribution in [1.82, 2.24) is 9.47 Å². The van der Waals surface area contributed by atoms with Crippen molar-refractivity contribution in [3.8, 4) is 17.6 Å². The Kier molecular flexibility index (Phi) is 8.78. The highest BCUT2D eigenvalue weighted by Gasteiger charge is 2.32. The predicted octanol–water partition coefficient (Wildman–Crippen LogP) is 6.98. The van der Waals surface area contributed by atoms with Crippen LogP contribution in [0.5, 0.6) is 5.75 Å². The second-order valence-electron chi connectivity index (χ2n) is 10.2. The van der Waals surface area contributed by atoms with E-state index in [2.05, 4.69) is 41.5 Å². The second-order valence-corrected chi connectivity index (χ2v) is 10.2. The molecule has 2 aromatic carbocycles. The van der Waals surface area contributed by atoms with E-state index in [1.54, 1.807) is 18.2 Å². The molecule has 1 saturated carbocycles. The van der Waals surface area contributed by atoms with Gasteiger partial charge in [0.2, 0.25) is 0 Å². The highest BCUT2D eigenvalue weighted by molar-refractivity contribution is 5.94. The summed E-state index contributed by atoms with van der Waals surface area (Å²) in [4.78, 5) is 2.22. The summed E-state index contributed by atoms with van der Waals surface area (Å²) in [5.74, 6) is 5.60. The number of hydrogen-bond donors (Lipinski definition) is 2. The molecule has 4 rings (SSSR count). The molecule has 1 heterocycles. The van der Waals surface area contributed by atoms with Gasteiger partial charge in [-0.1, -0.05) is 12.0 Å². The van der Waals surface area contributed by atoms with Gasteiger partial charge in [-0.05, 0) is 82.1 Å². The van der Waals surface area contributed by atoms with Crippen LogP contribution in [-0.2, 0) is 12.7 Å². The van der Waals surface area contributed by atoms with Crippen LogP contribution in [0.25, 0.3) is 10.9 Å². The molecule has 0 amide bonds. The summed E-state index contributed by atoms with van der Waals surface area (Å²) in [5.41, 5.74) is 0.816. The van der Waals surface area contributed by atoms with E-state index in [-0.39, 0.29) is 29.7 Å². The molecule has 0 atom stereocenters. The minimum Gasteiger partial charge on any atom is -0.495 e. The lowest BCUT2D eigenvalue weighted by molar-refractivity contribution is -0.140. The van der Waals surface area contributed by atoms with Crippen molar-refractivity contribution >= 4 is 22.3 Å². The molecule has 216 valence electrons. The Bertz CT molecular complexity index is 1380. The van der Waals surface area contributed by atoms with Crippen molar-refractivity contribution in [2.75, 3.05) is 38.4 Å². The number of aromatic nitrogens is 1. The molecule has 0 saturated heterocycles. The number of fused-ring (bicyclic) bond motifs is 1. The van der Waals surface area contributed by atoms with Crippen LogP contribution in [0.2, 0.25) is 0 Å². The Morgan fingerprint density at radius 1 is 0.975 bits per heavy atom. The van der Waals surface area contributed by atoms with Crippen LogP contribution in [0.15, 0.2) is 42.5 Å². The van der Waals surface area contributed by atoms with E-state index in [0.29, 0.717) is 16.9 Å². The molecule has 1 aromatic heterocycles. The summed E-state index contributed by atoms with van der Waals surface area (Å²) < 4.78 is 85.7. The van der Waals surface area contributed by atoms with Gasteiger partial charge in [0.25, 0.3) is 0 Å². The zero-order valence-electron chi connectivity index (χ0n) is 22.5. The Labute approximate surface area is 229 Å². The van der Waals surface area contributed by atoms with Gasteiger partial charge >= 0.3 is 12.4 Å². The van der Waals surface area contributed by atoms with Crippen molar-refractivity contribution < 1.29 is 31.1 Å². The molecule has 1 aliphatic rings. The maximum Gasteiger partial charge on any atom is 0.416 e. The standard InChI is InChI=1S/C29H32F6N4O/c1-38(2)21-12-10-20(11-13-21)37-24-7-4-8-26-23(24)17-22(39(26)18-28(30,31)32)6-5-15-36-25-14-9-19(29(33,34)35)16-27(25)40-3/h4,7-9,14,16-17,20-21,36-37H,10-13,15,18H2,1-3H3. The molecule has 1 aliphatic carbocycles. The summed E-state index contributed by atoms with van der Waals surface area (Å²) in [7, 11) is 5.39. The second kappa shape index (κ2) is 11.9. The van der Waals surface area contributed by atoms with Crippen molar-refractivity contribution in [2.45, 2.75) is 56.7 Å². The fourth-order valence-electron chi connectivity index (χ4n) is 5.11. The third-order valence-corrected chi connectivity index (χ3v) is 7.18. The quantitative estimate of drug-likeness (QED) is 0.239. The smallest absolute Gasteiger partial charge is 0.416 e. The molecule has 0 unspecified atom stereocenters. The third-order valence-electron chi connectivity index (χ3n) is 7.18. The minimum absolute atomic E-state index is 0.0156. The lowest BCUT2D eigenvalue weighted by Crippen LogP contribution is -2.36. The van der Waals surface area contributed by atoms with E-state index in [1.807, 2.05) is 6.07 Å². The maximum atomic E-state index is 13.5. The predicted molar refractivity (Wildman–Crippen MR) is 145 cm³/mol. The lowest BCUT2D eigenvalue weighted by atomic mass is 9.90. The van der Waals surface area contributed by atoms with E-state index >= 15 is 0 Å². The number of anilines is 2. The molecule has 0 aliphatic heterocycles. The SMILES string of the molecule is COc1cc(C(F)(F)F)ccc1NCC#Cc1cc2c(NC3CCC(N(C)C)CC3)cccc2n1CC(F)(F)F. The van der Waals surface area contributed by atoms with Gasteiger partial charge in [-0.2, -0.15) is 26.3 Å². The number of rotatable bonds is 7. The number of nitrogens with zero attached hydrogens (tertiary/aromatic N) is 2. The van der Waals surface area contributed by atoms with E-state index in [9.17, 15) is 26.3 Å². The summed E-state index contributed by atoms with van der Waals surface area (Å²) >= 11 is 0. The topological polar surface area (TPSA) is 41.5 Å². The first-order valence-corrected chi connectivity index (χ1v) is 13.0. The van der Waals surface area contributed by atoms with E-state index < -0.39 is 24.5 Å². The molecule has 1 fully saturated rings. The van der Waals surface area contributed by atoms with Crippen LogP contribution < -0.4 is 15.4 Å². The highest BCUT2D eigenvalue weighted by atomic mass is 19.4. The van der Waals surface area contributed by atoms with Crippen molar-refractivity contribution in [1.29, 1.82) is 0 Å². The fraction of sp³-hybridized carbons (Fsp3) is 0.448. The molecular weight excluding hydrogens is 534 g/mol. The van der Waals surface area contributed by atoms with E-state index in [0.717, 1.165) is 48.1 Å². The number of ether oxygens (including phenoxy) is 1. The van der Waals surface area contributed by atoms with Gasteiger partial charge in [0.15, 0.2) is 0 Å². The number of benzene rings is 2. The number of alkyl halides is 6. The van der Waals surface area contributed by atoms with Crippen LogP contribution in [0, 0.1) is 11.8 Å². The molecule has 2 N–H and O–H groups in total. The Morgan fingerprint density at radius 2 is 1.70 bits per heavy atom. The number of nitrogens with one attached hydrogen (secondary N) is 2. The van der Waals surface area contributed by atoms with E-state index in [1.165, 1.54) is 13.2 Å². The van der Waals surface area contributed by atoms with Gasteiger partial charge in [-0.15, -0.1) is 0 Å². The normalized spacial score (nSPS) is 17.9. The summed E-state index contributed by atoms with van der Waals surface area (Å²) in [6.07, 6.45) is -4.95. The van der Waals surface area contributed by atoms with Crippen LogP contribution >= 0.6 is 0 Å². The largest absolute Gasteiger partial charge is 0.495 e. The van der Waals surface area contributed by atoms with Crippen molar-refractivity contribution in [3.63, 3.8) is 0 Å². The van der Waals surface area contributed by atoms with Gasteiger partial charge in [-0.25, -0.2) is 0 Å². The van der Waals surface area contributed by atoms with E-state index in [4.69, 9.17) is 4.74 Å². The summed E-state index contributed by atoms with van der Waals surface area (Å²) in [6, 6.07) is 10.7. The Balaban J connectivity index is 1.56. The zero-order valence-corrected chi connectivity index (χ0v) is 22.5. The minimum atomic E-state index is -4.52. The Hall–Kier alpha value is -3.52. The lowest BCUT2D eigenvalue weighted by Gasteiger charge is -2.33. The summed E-state index contributed by atoms with van der Waals surface area (Å²) in [5, 5.41) is 7.07. The first kappa shape index (κ1) is 29.5. The molecule has 5 nitrogen and oxygen atoms in total. The average molecular weight is 567 g/mol. The molecular formula is C29H32F6N4O. The average Bonchev–Trinajstić information content (AvgIpc) is 3.23. The molecule has 40 heavy (non-hydrogen) atoms. The van der Waals surface area contributed by atoms with Crippen LogP contribution in [0.4, 0.5) is 37.7 Å². The Morgan fingerprint density at radius 3 is 2.33 bits per heavy atom.